The summed E-state index contributed by atoms with van der Waals surface area (Å²) in [5.74, 6) is -1.11. The maximum absolute atomic E-state index is 12.5. The van der Waals surface area contributed by atoms with E-state index in [0.29, 0.717) is 25.9 Å². The lowest BCUT2D eigenvalue weighted by Gasteiger charge is -2.44. The van der Waals surface area contributed by atoms with Gasteiger partial charge in [-0.05, 0) is 13.3 Å². The molecule has 3 heterocycles. The van der Waals surface area contributed by atoms with Crippen LogP contribution in [0.3, 0.4) is 0 Å². The van der Waals surface area contributed by atoms with Gasteiger partial charge < -0.3 is 19.3 Å². The summed E-state index contributed by atoms with van der Waals surface area (Å²) >= 11 is 0. The number of hydrogen-bond acceptors (Lipinski definition) is 5. The molecule has 1 aromatic rings. The molecule has 0 spiro atoms. The number of amides is 1. The highest BCUT2D eigenvalue weighted by molar-refractivity contribution is 5.96. The largest absolute Gasteiger partial charge is 0.503 e. The Kier molecular flexibility index (Phi) is 2.86. The lowest BCUT2D eigenvalue weighted by atomic mass is 10.1. The summed E-state index contributed by atoms with van der Waals surface area (Å²) in [5, 5.41) is 9.92. The molecule has 0 aromatic carbocycles. The minimum atomic E-state index is -0.816. The Hall–Kier alpha value is -2.15. The molecule has 1 fully saturated rings. The van der Waals surface area contributed by atoms with Gasteiger partial charge in [0.15, 0.2) is 24.0 Å². The maximum atomic E-state index is 12.5. The molecular formula is C13H14N2O5. The van der Waals surface area contributed by atoms with Crippen molar-refractivity contribution < 1.29 is 19.4 Å². The molecule has 106 valence electrons. The number of hydrogen-bond donors (Lipinski definition) is 1. The third-order valence-electron chi connectivity index (χ3n) is 3.83. The highest BCUT2D eigenvalue weighted by Gasteiger charge is 2.40. The maximum Gasteiger partial charge on any atom is 0.276 e. The summed E-state index contributed by atoms with van der Waals surface area (Å²) < 4.78 is 6.98. The Morgan fingerprint density at radius 2 is 2.20 bits per heavy atom. The zero-order chi connectivity index (χ0) is 14.4. The zero-order valence-electron chi connectivity index (χ0n) is 10.9. The highest BCUT2D eigenvalue weighted by atomic mass is 16.5. The molecule has 7 heteroatoms. The van der Waals surface area contributed by atoms with Crippen LogP contribution in [0.25, 0.3) is 0 Å². The lowest BCUT2D eigenvalue weighted by Crippen LogP contribution is -2.56. The second-order valence-corrected chi connectivity index (χ2v) is 5.06. The van der Waals surface area contributed by atoms with Crippen LogP contribution in [0.4, 0.5) is 0 Å². The second-order valence-electron chi connectivity index (χ2n) is 5.06. The van der Waals surface area contributed by atoms with E-state index in [1.165, 1.54) is 10.8 Å². The van der Waals surface area contributed by atoms with Crippen molar-refractivity contribution in [2.75, 3.05) is 6.61 Å². The normalized spacial score (nSPS) is 25.1. The molecule has 2 aliphatic rings. The number of nitrogens with zero attached hydrogens (tertiary/aromatic N) is 2. The minimum absolute atomic E-state index is 0.0183. The quantitative estimate of drug-likeness (QED) is 0.728. The van der Waals surface area contributed by atoms with Crippen LogP contribution in [-0.2, 0) is 11.3 Å². The third-order valence-corrected chi connectivity index (χ3v) is 3.83. The number of fused-ring (bicyclic) bond motifs is 2. The minimum Gasteiger partial charge on any atom is -0.503 e. The van der Waals surface area contributed by atoms with Crippen molar-refractivity contribution in [3.05, 3.63) is 27.7 Å². The van der Waals surface area contributed by atoms with Crippen LogP contribution in [0.15, 0.2) is 11.0 Å². The molecule has 0 aliphatic carbocycles. The highest BCUT2D eigenvalue weighted by Crippen LogP contribution is 2.28. The van der Waals surface area contributed by atoms with Gasteiger partial charge in [0.1, 0.15) is 0 Å². The van der Waals surface area contributed by atoms with Crippen LogP contribution in [0.2, 0.25) is 0 Å². The van der Waals surface area contributed by atoms with Gasteiger partial charge >= 0.3 is 0 Å². The van der Waals surface area contributed by atoms with E-state index in [2.05, 4.69) is 0 Å². The summed E-state index contributed by atoms with van der Waals surface area (Å²) in [5.41, 5.74) is -1.06. The van der Waals surface area contributed by atoms with Crippen LogP contribution in [-0.4, -0.2) is 45.6 Å². The molecule has 3 rings (SSSR count). The van der Waals surface area contributed by atoms with Crippen molar-refractivity contribution in [2.45, 2.75) is 32.2 Å². The first-order chi connectivity index (χ1) is 9.54. The summed E-state index contributed by atoms with van der Waals surface area (Å²) in [6.07, 6.45) is 1.94. The van der Waals surface area contributed by atoms with Crippen molar-refractivity contribution >= 4 is 12.2 Å². The van der Waals surface area contributed by atoms with Crippen LogP contribution >= 0.6 is 0 Å². The summed E-state index contributed by atoms with van der Waals surface area (Å²) in [4.78, 5) is 36.6. The first-order valence-corrected chi connectivity index (χ1v) is 6.40. The van der Waals surface area contributed by atoms with Crippen molar-refractivity contribution in [1.82, 2.24) is 9.47 Å². The van der Waals surface area contributed by atoms with E-state index < -0.39 is 23.3 Å². The van der Waals surface area contributed by atoms with Crippen molar-refractivity contribution in [3.63, 3.8) is 0 Å². The summed E-state index contributed by atoms with van der Waals surface area (Å²) in [6, 6.07) is -0.0183. The predicted molar refractivity (Wildman–Crippen MR) is 67.7 cm³/mol. The third kappa shape index (κ3) is 1.66. The second kappa shape index (κ2) is 4.45. The molecule has 1 saturated heterocycles. The van der Waals surface area contributed by atoms with Crippen molar-refractivity contribution in [3.8, 4) is 5.75 Å². The first-order valence-electron chi connectivity index (χ1n) is 6.40. The molecule has 1 amide bonds. The topological polar surface area (TPSA) is 88.8 Å². The summed E-state index contributed by atoms with van der Waals surface area (Å²) in [6.45, 7) is 2.75. The molecular weight excluding hydrogens is 264 g/mol. The fourth-order valence-electron chi connectivity index (χ4n) is 2.76. The van der Waals surface area contributed by atoms with E-state index in [1.54, 1.807) is 4.90 Å². The molecule has 0 unspecified atom stereocenters. The number of carbonyl (C=O) groups is 2. The standard InChI is InChI=1S/C13H14N2O5/c1-7-2-3-20-9-5-14-4-8(6-16)11(17)12(18)10(14)13(19)15(7)9/h4,6-7,9,18H,2-3,5H2,1H3/t7-,9+/m1/s1. The van der Waals surface area contributed by atoms with Gasteiger partial charge in [-0.1, -0.05) is 0 Å². The first kappa shape index (κ1) is 12.9. The number of rotatable bonds is 1. The number of aromatic hydroxyl groups is 1. The number of aldehydes is 1. The Morgan fingerprint density at radius 3 is 2.90 bits per heavy atom. The predicted octanol–water partition coefficient (Wildman–Crippen LogP) is -0.0429. The zero-order valence-corrected chi connectivity index (χ0v) is 10.9. The van der Waals surface area contributed by atoms with Gasteiger partial charge in [0.25, 0.3) is 5.91 Å². The molecule has 2 aliphatic heterocycles. The molecule has 20 heavy (non-hydrogen) atoms. The van der Waals surface area contributed by atoms with Crippen molar-refractivity contribution in [1.29, 1.82) is 0 Å². The fourth-order valence-corrected chi connectivity index (χ4v) is 2.76. The number of ether oxygens (including phenoxy) is 1. The van der Waals surface area contributed by atoms with Crippen molar-refractivity contribution in [2.24, 2.45) is 0 Å². The molecule has 0 bridgehead atoms. The van der Waals surface area contributed by atoms with Gasteiger partial charge in [-0.25, -0.2) is 0 Å². The average molecular weight is 278 g/mol. The van der Waals surface area contributed by atoms with Gasteiger partial charge in [-0.3, -0.25) is 14.4 Å². The number of carbonyl (C=O) groups excluding carboxylic acids is 2. The van der Waals surface area contributed by atoms with E-state index >= 15 is 0 Å². The van der Waals surface area contributed by atoms with E-state index in [1.807, 2.05) is 6.92 Å². The average Bonchev–Trinajstić information content (AvgIpc) is 2.42. The van der Waals surface area contributed by atoms with Gasteiger partial charge in [0.2, 0.25) is 5.43 Å². The van der Waals surface area contributed by atoms with Crippen LogP contribution in [0.5, 0.6) is 5.75 Å². The smallest absolute Gasteiger partial charge is 0.276 e. The molecule has 1 N–H and O–H groups in total. The lowest BCUT2D eigenvalue weighted by molar-refractivity contribution is -0.112. The Bertz CT molecular complexity index is 651. The molecule has 0 saturated carbocycles. The van der Waals surface area contributed by atoms with Gasteiger partial charge in [0.05, 0.1) is 18.7 Å². The number of aromatic nitrogens is 1. The Morgan fingerprint density at radius 1 is 1.45 bits per heavy atom. The monoisotopic (exact) mass is 278 g/mol. The molecule has 0 radical (unpaired) electrons. The van der Waals surface area contributed by atoms with Gasteiger partial charge in [0, 0.05) is 12.2 Å². The van der Waals surface area contributed by atoms with E-state index in [0.717, 1.165) is 0 Å². The van der Waals surface area contributed by atoms with E-state index in [4.69, 9.17) is 4.74 Å². The van der Waals surface area contributed by atoms with E-state index in [-0.39, 0.29) is 17.3 Å². The van der Waals surface area contributed by atoms with Crippen LogP contribution in [0.1, 0.15) is 34.2 Å². The molecule has 2 atom stereocenters. The fraction of sp³-hybridized carbons (Fsp3) is 0.462. The Labute approximate surface area is 114 Å². The van der Waals surface area contributed by atoms with Crippen LogP contribution < -0.4 is 5.43 Å². The van der Waals surface area contributed by atoms with Crippen LogP contribution in [0, 0.1) is 0 Å². The van der Waals surface area contributed by atoms with E-state index in [9.17, 15) is 19.5 Å². The Balaban J connectivity index is 2.18. The SMILES string of the molecule is C[C@@H]1CCO[C@H]2Cn3cc(C=O)c(=O)c(O)c3C(=O)N12. The van der Waals surface area contributed by atoms with Gasteiger partial charge in [-0.15, -0.1) is 0 Å². The summed E-state index contributed by atoms with van der Waals surface area (Å²) in [7, 11) is 0. The van der Waals surface area contributed by atoms with Gasteiger partial charge in [-0.2, -0.15) is 0 Å². The number of pyridine rings is 1. The molecule has 7 nitrogen and oxygen atoms in total. The molecule has 1 aromatic heterocycles.